The van der Waals surface area contributed by atoms with Crippen LogP contribution < -0.4 is 14.8 Å². The highest BCUT2D eigenvalue weighted by Crippen LogP contribution is 2.20. The fourth-order valence-corrected chi connectivity index (χ4v) is 3.53. The largest absolute Gasteiger partial charge is 0.484 e. The molecule has 0 aliphatic carbocycles. The Kier molecular flexibility index (Phi) is 7.64. The van der Waals surface area contributed by atoms with Crippen molar-refractivity contribution >= 4 is 37.5 Å². The average Bonchev–Trinajstić information content (AvgIpc) is 2.62. The molecule has 2 aromatic carbocycles. The Hall–Kier alpha value is -2.10. The van der Waals surface area contributed by atoms with Gasteiger partial charge in [0.15, 0.2) is 6.61 Å². The normalized spacial score (nSPS) is 12.3. The van der Waals surface area contributed by atoms with Crippen LogP contribution in [0.4, 0.5) is 5.69 Å². The second-order valence-corrected chi connectivity index (χ2v) is 8.39. The van der Waals surface area contributed by atoms with Crippen LogP contribution in [0.3, 0.4) is 0 Å². The van der Waals surface area contributed by atoms with Gasteiger partial charge in [-0.1, -0.05) is 15.9 Å². The maximum Gasteiger partial charge on any atom is 0.261 e. The number of carbonyl (C=O) groups is 1. The number of halogens is 1. The average molecular weight is 457 g/mol. The standard InChI is InChI=1S/C18H21BrN2O5S/c1-13(11-25-2)20-18(22)12-26-16-7-9-17(10-8-16)27(23,24)21-15-5-3-14(19)4-6-15/h3-10,13,21H,11-12H2,1-2H3,(H,20,22)/t13-/m0/s1. The van der Waals surface area contributed by atoms with Crippen molar-refractivity contribution in [2.45, 2.75) is 17.9 Å². The Bertz CT molecular complexity index is 854. The quantitative estimate of drug-likeness (QED) is 0.604. The van der Waals surface area contributed by atoms with Crippen LogP contribution in [0, 0.1) is 0 Å². The third-order valence-electron chi connectivity index (χ3n) is 3.42. The van der Waals surface area contributed by atoms with Gasteiger partial charge in [-0.2, -0.15) is 0 Å². The summed E-state index contributed by atoms with van der Waals surface area (Å²) in [5.74, 6) is 0.111. The number of ether oxygens (including phenoxy) is 2. The van der Waals surface area contributed by atoms with Crippen LogP contribution in [0.15, 0.2) is 57.9 Å². The Morgan fingerprint density at radius 1 is 1.11 bits per heavy atom. The molecule has 0 heterocycles. The van der Waals surface area contributed by atoms with E-state index in [0.29, 0.717) is 18.0 Å². The molecule has 7 nitrogen and oxygen atoms in total. The van der Waals surface area contributed by atoms with Gasteiger partial charge in [0.2, 0.25) is 0 Å². The molecule has 146 valence electrons. The molecule has 2 rings (SSSR count). The molecule has 9 heteroatoms. The second-order valence-electron chi connectivity index (χ2n) is 5.80. The van der Waals surface area contributed by atoms with Crippen molar-refractivity contribution in [2.24, 2.45) is 0 Å². The van der Waals surface area contributed by atoms with Crippen molar-refractivity contribution in [1.29, 1.82) is 0 Å². The zero-order valence-electron chi connectivity index (χ0n) is 14.9. The van der Waals surface area contributed by atoms with E-state index in [4.69, 9.17) is 9.47 Å². The minimum absolute atomic E-state index is 0.0935. The first-order valence-corrected chi connectivity index (χ1v) is 10.4. The number of methoxy groups -OCH3 is 1. The Morgan fingerprint density at radius 3 is 2.33 bits per heavy atom. The van der Waals surface area contributed by atoms with Crippen molar-refractivity contribution in [2.75, 3.05) is 25.0 Å². The molecule has 1 amide bonds. The van der Waals surface area contributed by atoms with Crippen LogP contribution in [0.5, 0.6) is 5.75 Å². The number of anilines is 1. The van der Waals surface area contributed by atoms with Crippen molar-refractivity contribution in [3.8, 4) is 5.75 Å². The van der Waals surface area contributed by atoms with E-state index in [-0.39, 0.29) is 23.5 Å². The first-order valence-electron chi connectivity index (χ1n) is 8.09. The van der Waals surface area contributed by atoms with Crippen LogP contribution >= 0.6 is 15.9 Å². The first-order chi connectivity index (χ1) is 12.8. The summed E-state index contributed by atoms with van der Waals surface area (Å²) in [5, 5.41) is 2.72. The molecule has 2 aromatic rings. The van der Waals surface area contributed by atoms with E-state index in [9.17, 15) is 13.2 Å². The van der Waals surface area contributed by atoms with Crippen LogP contribution in [-0.4, -0.2) is 40.7 Å². The minimum Gasteiger partial charge on any atom is -0.484 e. The van der Waals surface area contributed by atoms with E-state index in [2.05, 4.69) is 26.0 Å². The molecule has 0 aromatic heterocycles. The summed E-state index contributed by atoms with van der Waals surface area (Å²) in [4.78, 5) is 11.8. The molecular weight excluding hydrogens is 436 g/mol. The first kappa shape index (κ1) is 21.2. The molecule has 0 bridgehead atoms. The number of hydrogen-bond donors (Lipinski definition) is 2. The fraction of sp³-hybridized carbons (Fsp3) is 0.278. The van der Waals surface area contributed by atoms with Gasteiger partial charge in [-0.15, -0.1) is 0 Å². The minimum atomic E-state index is -3.71. The smallest absolute Gasteiger partial charge is 0.261 e. The summed E-state index contributed by atoms with van der Waals surface area (Å²) in [7, 11) is -2.15. The highest BCUT2D eigenvalue weighted by Gasteiger charge is 2.14. The number of rotatable bonds is 9. The third-order valence-corrected chi connectivity index (χ3v) is 5.35. The molecule has 2 N–H and O–H groups in total. The summed E-state index contributed by atoms with van der Waals surface area (Å²) < 4.78 is 38.5. The SMILES string of the molecule is COC[C@H](C)NC(=O)COc1ccc(S(=O)(=O)Nc2ccc(Br)cc2)cc1. The molecule has 0 aliphatic heterocycles. The number of nitrogens with one attached hydrogen (secondary N) is 2. The van der Waals surface area contributed by atoms with Crippen LogP contribution in [0.2, 0.25) is 0 Å². The lowest BCUT2D eigenvalue weighted by atomic mass is 10.3. The van der Waals surface area contributed by atoms with Crippen molar-refractivity contribution in [3.63, 3.8) is 0 Å². The molecular formula is C18H21BrN2O5S. The van der Waals surface area contributed by atoms with Gasteiger partial charge < -0.3 is 14.8 Å². The number of sulfonamides is 1. The third kappa shape index (κ3) is 6.85. The summed E-state index contributed by atoms with van der Waals surface area (Å²) in [6.45, 7) is 2.06. The maximum atomic E-state index is 12.4. The summed E-state index contributed by atoms with van der Waals surface area (Å²) in [6.07, 6.45) is 0. The van der Waals surface area contributed by atoms with Gasteiger partial charge in [0, 0.05) is 23.3 Å². The molecule has 0 fully saturated rings. The Morgan fingerprint density at radius 2 is 1.74 bits per heavy atom. The second kappa shape index (κ2) is 9.72. The Balaban J connectivity index is 1.93. The van der Waals surface area contributed by atoms with E-state index < -0.39 is 10.0 Å². The van der Waals surface area contributed by atoms with Gasteiger partial charge in [-0.25, -0.2) is 8.42 Å². The van der Waals surface area contributed by atoms with Crippen LogP contribution in [0.1, 0.15) is 6.92 Å². The summed E-state index contributed by atoms with van der Waals surface area (Å²) in [6, 6.07) is 12.5. The summed E-state index contributed by atoms with van der Waals surface area (Å²) >= 11 is 3.30. The van der Waals surface area contributed by atoms with Crippen molar-refractivity contribution < 1.29 is 22.7 Å². The van der Waals surface area contributed by atoms with Crippen molar-refractivity contribution in [1.82, 2.24) is 5.32 Å². The molecule has 0 saturated heterocycles. The van der Waals surface area contributed by atoms with E-state index in [1.165, 1.54) is 24.3 Å². The number of carbonyl (C=O) groups excluding carboxylic acids is 1. The highest BCUT2D eigenvalue weighted by atomic mass is 79.9. The monoisotopic (exact) mass is 456 g/mol. The lowest BCUT2D eigenvalue weighted by Gasteiger charge is -2.13. The molecule has 27 heavy (non-hydrogen) atoms. The molecule has 0 radical (unpaired) electrons. The maximum absolute atomic E-state index is 12.4. The van der Waals surface area contributed by atoms with E-state index in [0.717, 1.165) is 4.47 Å². The topological polar surface area (TPSA) is 93.7 Å². The molecule has 0 aliphatic rings. The van der Waals surface area contributed by atoms with E-state index >= 15 is 0 Å². The fourth-order valence-electron chi connectivity index (χ4n) is 2.20. The lowest BCUT2D eigenvalue weighted by Crippen LogP contribution is -2.38. The van der Waals surface area contributed by atoms with Gasteiger partial charge in [0.05, 0.1) is 11.5 Å². The van der Waals surface area contributed by atoms with Crippen LogP contribution in [0.25, 0.3) is 0 Å². The predicted molar refractivity (Wildman–Crippen MR) is 106 cm³/mol. The van der Waals surface area contributed by atoms with Crippen LogP contribution in [-0.2, 0) is 19.6 Å². The van der Waals surface area contributed by atoms with Gasteiger partial charge in [-0.3, -0.25) is 9.52 Å². The highest BCUT2D eigenvalue weighted by molar-refractivity contribution is 9.10. The van der Waals surface area contributed by atoms with Gasteiger partial charge in [0.25, 0.3) is 15.9 Å². The number of hydrogen-bond acceptors (Lipinski definition) is 5. The molecule has 0 unspecified atom stereocenters. The van der Waals surface area contributed by atoms with E-state index in [1.54, 1.807) is 31.4 Å². The Labute approximate surface area is 167 Å². The van der Waals surface area contributed by atoms with Crippen molar-refractivity contribution in [3.05, 3.63) is 53.0 Å². The molecule has 0 spiro atoms. The van der Waals surface area contributed by atoms with Gasteiger partial charge in [-0.05, 0) is 55.5 Å². The van der Waals surface area contributed by atoms with Gasteiger partial charge in [0.1, 0.15) is 5.75 Å². The van der Waals surface area contributed by atoms with Gasteiger partial charge >= 0.3 is 0 Å². The molecule has 0 saturated carbocycles. The van der Waals surface area contributed by atoms with E-state index in [1.807, 2.05) is 6.92 Å². The predicted octanol–water partition coefficient (Wildman–Crippen LogP) is 2.78. The zero-order valence-corrected chi connectivity index (χ0v) is 17.3. The molecule has 1 atom stereocenters. The summed E-state index contributed by atoms with van der Waals surface area (Å²) in [5.41, 5.74) is 0.459. The number of benzene rings is 2. The zero-order chi connectivity index (χ0) is 19.9. The number of amides is 1. The lowest BCUT2D eigenvalue weighted by molar-refractivity contribution is -0.124.